The van der Waals surface area contributed by atoms with Gasteiger partial charge in [0.05, 0.1) is 36.4 Å². The molecule has 2 N–H and O–H groups in total. The standard InChI is InChI=1S/C23H25N7O2/c1-16-3-2-4-17(11-16)20-13-25-22(23-24-7-10-29(20)23)27-18-12-26-30(14-18)19-5-8-28(9-6-19)15-21(31)32/h2-4,7,10-14,19H,5-6,8-9,15H2,1H3,(H,25,27)(H,31,32). The zero-order valence-corrected chi connectivity index (χ0v) is 17.8. The topological polar surface area (TPSA) is 101 Å². The summed E-state index contributed by atoms with van der Waals surface area (Å²) in [6.45, 7) is 3.70. The quantitative estimate of drug-likeness (QED) is 0.483. The lowest BCUT2D eigenvalue weighted by Gasteiger charge is -2.30. The molecule has 5 rings (SSSR count). The van der Waals surface area contributed by atoms with Gasteiger partial charge in [-0.2, -0.15) is 5.10 Å². The van der Waals surface area contributed by atoms with Crippen LogP contribution in [0.5, 0.6) is 0 Å². The first-order valence-corrected chi connectivity index (χ1v) is 10.7. The van der Waals surface area contributed by atoms with Crippen LogP contribution in [0, 0.1) is 6.92 Å². The summed E-state index contributed by atoms with van der Waals surface area (Å²) < 4.78 is 4.00. The minimum absolute atomic E-state index is 0.100. The van der Waals surface area contributed by atoms with Crippen LogP contribution in [-0.4, -0.2) is 59.8 Å². The van der Waals surface area contributed by atoms with Gasteiger partial charge in [-0.15, -0.1) is 0 Å². The second-order valence-corrected chi connectivity index (χ2v) is 8.22. The van der Waals surface area contributed by atoms with Crippen LogP contribution in [0.2, 0.25) is 0 Å². The molecule has 1 aromatic carbocycles. The van der Waals surface area contributed by atoms with Gasteiger partial charge in [-0.3, -0.25) is 18.8 Å². The third kappa shape index (κ3) is 4.06. The molecule has 4 aromatic rings. The number of fused-ring (bicyclic) bond motifs is 1. The number of nitrogens with one attached hydrogen (secondary N) is 1. The number of imidazole rings is 1. The fourth-order valence-electron chi connectivity index (χ4n) is 4.30. The maximum atomic E-state index is 10.9. The largest absolute Gasteiger partial charge is 0.480 e. The highest BCUT2D eigenvalue weighted by molar-refractivity contribution is 5.74. The van der Waals surface area contributed by atoms with E-state index in [4.69, 9.17) is 5.11 Å². The number of carboxylic acids is 1. The summed E-state index contributed by atoms with van der Waals surface area (Å²) in [6, 6.07) is 8.59. The van der Waals surface area contributed by atoms with Crippen LogP contribution >= 0.6 is 0 Å². The van der Waals surface area contributed by atoms with Crippen molar-refractivity contribution in [1.29, 1.82) is 0 Å². The molecule has 0 saturated carbocycles. The molecule has 0 spiro atoms. The van der Waals surface area contributed by atoms with Crippen molar-refractivity contribution in [3.05, 3.63) is 60.8 Å². The van der Waals surface area contributed by atoms with Gasteiger partial charge in [-0.25, -0.2) is 9.97 Å². The molecule has 0 bridgehead atoms. The maximum absolute atomic E-state index is 10.9. The van der Waals surface area contributed by atoms with Crippen molar-refractivity contribution in [3.8, 4) is 11.3 Å². The normalized spacial score (nSPS) is 15.3. The van der Waals surface area contributed by atoms with E-state index < -0.39 is 5.97 Å². The molecule has 9 nitrogen and oxygen atoms in total. The Balaban J connectivity index is 1.33. The van der Waals surface area contributed by atoms with E-state index in [1.807, 2.05) is 38.6 Å². The number of hydrogen-bond donors (Lipinski definition) is 2. The summed E-state index contributed by atoms with van der Waals surface area (Å²) >= 11 is 0. The third-order valence-electron chi connectivity index (χ3n) is 5.90. The number of piperidine rings is 1. The Morgan fingerprint density at radius 3 is 2.84 bits per heavy atom. The molecule has 1 saturated heterocycles. The Labute approximate surface area is 185 Å². The number of carboxylic acid groups (broad SMARTS) is 1. The average Bonchev–Trinajstić information content (AvgIpc) is 3.44. The lowest BCUT2D eigenvalue weighted by Crippen LogP contribution is -2.38. The molecular weight excluding hydrogens is 406 g/mol. The molecule has 32 heavy (non-hydrogen) atoms. The van der Waals surface area contributed by atoms with Crippen LogP contribution in [-0.2, 0) is 4.79 Å². The van der Waals surface area contributed by atoms with E-state index in [-0.39, 0.29) is 12.6 Å². The minimum Gasteiger partial charge on any atom is -0.480 e. The molecule has 0 atom stereocenters. The lowest BCUT2D eigenvalue weighted by molar-refractivity contribution is -0.138. The summed E-state index contributed by atoms with van der Waals surface area (Å²) in [5.41, 5.74) is 4.86. The Morgan fingerprint density at radius 1 is 1.22 bits per heavy atom. The molecule has 3 aromatic heterocycles. The zero-order chi connectivity index (χ0) is 22.1. The maximum Gasteiger partial charge on any atom is 0.317 e. The van der Waals surface area contributed by atoms with E-state index >= 15 is 0 Å². The first kappa shape index (κ1) is 20.2. The molecule has 1 aliphatic rings. The van der Waals surface area contributed by atoms with Crippen LogP contribution in [0.25, 0.3) is 16.9 Å². The number of likely N-dealkylation sites (tertiary alicyclic amines) is 1. The summed E-state index contributed by atoms with van der Waals surface area (Å²) in [5, 5.41) is 16.8. The fourth-order valence-corrected chi connectivity index (χ4v) is 4.30. The van der Waals surface area contributed by atoms with Gasteiger partial charge in [-0.1, -0.05) is 23.8 Å². The van der Waals surface area contributed by atoms with Gasteiger partial charge in [0.25, 0.3) is 0 Å². The molecule has 0 aliphatic carbocycles. The highest BCUT2D eigenvalue weighted by Gasteiger charge is 2.22. The Bertz CT molecular complexity index is 1250. The van der Waals surface area contributed by atoms with Crippen molar-refractivity contribution in [1.82, 2.24) is 29.0 Å². The first-order chi connectivity index (χ1) is 15.6. The number of benzene rings is 1. The van der Waals surface area contributed by atoms with Crippen molar-refractivity contribution in [2.45, 2.75) is 25.8 Å². The van der Waals surface area contributed by atoms with Crippen LogP contribution in [0.1, 0.15) is 24.4 Å². The number of aromatic nitrogens is 5. The monoisotopic (exact) mass is 431 g/mol. The Kier molecular flexibility index (Phi) is 5.32. The number of aliphatic carboxylic acids is 1. The second kappa shape index (κ2) is 8.43. The van der Waals surface area contributed by atoms with Crippen LogP contribution < -0.4 is 5.32 Å². The molecule has 164 valence electrons. The Hall–Kier alpha value is -3.72. The zero-order valence-electron chi connectivity index (χ0n) is 17.8. The molecule has 0 radical (unpaired) electrons. The van der Waals surface area contributed by atoms with E-state index in [9.17, 15) is 4.79 Å². The van der Waals surface area contributed by atoms with Gasteiger partial charge in [0.15, 0.2) is 11.5 Å². The number of aryl methyl sites for hydroxylation is 1. The first-order valence-electron chi connectivity index (χ1n) is 10.7. The van der Waals surface area contributed by atoms with Crippen molar-refractivity contribution >= 4 is 23.1 Å². The van der Waals surface area contributed by atoms with Crippen molar-refractivity contribution < 1.29 is 9.90 Å². The third-order valence-corrected chi connectivity index (χ3v) is 5.90. The van der Waals surface area contributed by atoms with E-state index in [0.717, 1.165) is 48.5 Å². The smallest absolute Gasteiger partial charge is 0.317 e. The fraction of sp³-hybridized carbons (Fsp3) is 0.304. The van der Waals surface area contributed by atoms with Gasteiger partial charge < -0.3 is 10.4 Å². The van der Waals surface area contributed by atoms with Crippen molar-refractivity contribution in [2.75, 3.05) is 25.0 Å². The van der Waals surface area contributed by atoms with Gasteiger partial charge in [0.2, 0.25) is 0 Å². The van der Waals surface area contributed by atoms with Gasteiger partial charge in [0, 0.05) is 37.2 Å². The van der Waals surface area contributed by atoms with Crippen LogP contribution in [0.15, 0.2) is 55.2 Å². The predicted octanol–water partition coefficient (Wildman–Crippen LogP) is 3.37. The number of carbonyl (C=O) groups is 1. The highest BCUT2D eigenvalue weighted by atomic mass is 16.4. The average molecular weight is 432 g/mol. The number of rotatable bonds is 6. The number of nitrogens with zero attached hydrogens (tertiary/aromatic N) is 6. The molecule has 9 heteroatoms. The van der Waals surface area contributed by atoms with E-state index in [1.54, 1.807) is 12.4 Å². The lowest BCUT2D eigenvalue weighted by atomic mass is 10.1. The van der Waals surface area contributed by atoms with Gasteiger partial charge in [0.1, 0.15) is 0 Å². The van der Waals surface area contributed by atoms with Crippen LogP contribution in [0.3, 0.4) is 0 Å². The molecule has 0 amide bonds. The summed E-state index contributed by atoms with van der Waals surface area (Å²) in [7, 11) is 0. The number of anilines is 2. The van der Waals surface area contributed by atoms with E-state index in [1.165, 1.54) is 5.56 Å². The Morgan fingerprint density at radius 2 is 2.06 bits per heavy atom. The van der Waals surface area contributed by atoms with E-state index in [0.29, 0.717) is 5.82 Å². The van der Waals surface area contributed by atoms with Crippen molar-refractivity contribution in [3.63, 3.8) is 0 Å². The predicted molar refractivity (Wildman–Crippen MR) is 121 cm³/mol. The molecular formula is C23H25N7O2. The minimum atomic E-state index is -0.778. The number of hydrogen-bond acceptors (Lipinski definition) is 6. The summed E-state index contributed by atoms with van der Waals surface area (Å²) in [4.78, 5) is 22.0. The van der Waals surface area contributed by atoms with Crippen LogP contribution in [0.4, 0.5) is 11.5 Å². The molecule has 1 fully saturated rings. The molecule has 0 unspecified atom stereocenters. The molecule has 4 heterocycles. The van der Waals surface area contributed by atoms with E-state index in [2.05, 4.69) is 45.5 Å². The highest BCUT2D eigenvalue weighted by Crippen LogP contribution is 2.27. The summed E-state index contributed by atoms with van der Waals surface area (Å²) in [6.07, 6.45) is 11.1. The van der Waals surface area contributed by atoms with Gasteiger partial charge >= 0.3 is 5.97 Å². The second-order valence-electron chi connectivity index (χ2n) is 8.22. The summed E-state index contributed by atoms with van der Waals surface area (Å²) in [5.74, 6) is -0.109. The SMILES string of the molecule is Cc1cccc(-c2cnc(Nc3cnn(C4CCN(CC(=O)O)CC4)c3)c3nccn23)c1. The molecule has 1 aliphatic heterocycles. The van der Waals surface area contributed by atoms with Crippen molar-refractivity contribution in [2.24, 2.45) is 0 Å². The van der Waals surface area contributed by atoms with Gasteiger partial charge in [-0.05, 0) is 25.8 Å².